The van der Waals surface area contributed by atoms with E-state index < -0.39 is 0 Å². The molecule has 1 fully saturated rings. The highest BCUT2D eigenvalue weighted by molar-refractivity contribution is 6.32. The predicted octanol–water partition coefficient (Wildman–Crippen LogP) is 3.33. The Morgan fingerprint density at radius 3 is 2.87 bits per heavy atom. The van der Waals surface area contributed by atoms with Crippen molar-refractivity contribution in [2.75, 3.05) is 6.61 Å². The Labute approximate surface area is 94.2 Å². The van der Waals surface area contributed by atoms with Crippen LogP contribution in [0.15, 0.2) is 18.2 Å². The Morgan fingerprint density at radius 2 is 2.27 bits per heavy atom. The maximum absolute atomic E-state index is 10.8. The van der Waals surface area contributed by atoms with E-state index in [1.807, 2.05) is 0 Å². The molecule has 0 N–H and O–H groups in total. The third kappa shape index (κ3) is 2.32. The molecule has 1 aliphatic carbocycles. The van der Waals surface area contributed by atoms with E-state index in [0.717, 1.165) is 6.29 Å². The average molecular weight is 225 g/mol. The highest BCUT2D eigenvalue weighted by atomic mass is 35.5. The third-order valence-corrected chi connectivity index (χ3v) is 3.11. The molecule has 2 nitrogen and oxygen atoms in total. The Kier molecular flexibility index (Phi) is 3.27. The number of aldehydes is 1. The summed E-state index contributed by atoms with van der Waals surface area (Å²) in [5, 5.41) is 0.513. The lowest BCUT2D eigenvalue weighted by molar-refractivity contribution is 0.111. The summed E-state index contributed by atoms with van der Waals surface area (Å²) in [6.07, 6.45) is 4.51. The van der Waals surface area contributed by atoms with Gasteiger partial charge < -0.3 is 4.74 Å². The molecule has 0 radical (unpaired) electrons. The molecule has 80 valence electrons. The minimum Gasteiger partial charge on any atom is -0.491 e. The van der Waals surface area contributed by atoms with Gasteiger partial charge in [0.1, 0.15) is 5.75 Å². The van der Waals surface area contributed by atoms with Crippen molar-refractivity contribution in [2.24, 2.45) is 5.92 Å². The van der Waals surface area contributed by atoms with E-state index in [9.17, 15) is 4.79 Å². The summed E-state index contributed by atoms with van der Waals surface area (Å²) in [4.78, 5) is 10.8. The largest absolute Gasteiger partial charge is 0.491 e. The smallest absolute Gasteiger partial charge is 0.153 e. The van der Waals surface area contributed by atoms with Crippen molar-refractivity contribution in [1.82, 2.24) is 0 Å². The average Bonchev–Trinajstić information content (AvgIpc) is 2.17. The Balaban J connectivity index is 2.07. The van der Waals surface area contributed by atoms with Gasteiger partial charge in [-0.25, -0.2) is 0 Å². The van der Waals surface area contributed by atoms with E-state index in [4.69, 9.17) is 16.3 Å². The summed E-state index contributed by atoms with van der Waals surface area (Å²) >= 11 is 5.97. The maximum Gasteiger partial charge on any atom is 0.153 e. The first kappa shape index (κ1) is 10.5. The molecule has 0 unspecified atom stereocenters. The van der Waals surface area contributed by atoms with Crippen LogP contribution < -0.4 is 4.74 Å². The summed E-state index contributed by atoms with van der Waals surface area (Å²) < 4.78 is 5.60. The van der Waals surface area contributed by atoms with E-state index in [2.05, 4.69) is 0 Å². The predicted molar refractivity (Wildman–Crippen MR) is 59.7 cm³/mol. The molecule has 0 heterocycles. The quantitative estimate of drug-likeness (QED) is 0.734. The van der Waals surface area contributed by atoms with Crippen LogP contribution in [0.1, 0.15) is 29.6 Å². The minimum atomic E-state index is 0.513. The molecule has 0 saturated heterocycles. The van der Waals surface area contributed by atoms with Crippen molar-refractivity contribution < 1.29 is 9.53 Å². The van der Waals surface area contributed by atoms with E-state index in [0.29, 0.717) is 28.9 Å². The fourth-order valence-corrected chi connectivity index (χ4v) is 1.87. The third-order valence-electron chi connectivity index (χ3n) is 2.81. The van der Waals surface area contributed by atoms with Crippen LogP contribution in [-0.2, 0) is 0 Å². The zero-order valence-corrected chi connectivity index (χ0v) is 9.17. The first-order valence-electron chi connectivity index (χ1n) is 5.17. The molecule has 0 aliphatic heterocycles. The number of benzene rings is 1. The second kappa shape index (κ2) is 4.67. The van der Waals surface area contributed by atoms with Crippen LogP contribution in [0.2, 0.25) is 5.02 Å². The number of carbonyl (C=O) groups excluding carboxylic acids is 1. The molecule has 0 bridgehead atoms. The molecule has 15 heavy (non-hydrogen) atoms. The molecule has 0 atom stereocenters. The van der Waals surface area contributed by atoms with Crippen molar-refractivity contribution in [3.8, 4) is 5.75 Å². The number of hydrogen-bond donors (Lipinski definition) is 0. The molecule has 3 heteroatoms. The lowest BCUT2D eigenvalue weighted by Crippen LogP contribution is -2.19. The number of halogens is 1. The summed E-state index contributed by atoms with van der Waals surface area (Å²) in [7, 11) is 0. The van der Waals surface area contributed by atoms with Gasteiger partial charge >= 0.3 is 0 Å². The first-order valence-corrected chi connectivity index (χ1v) is 5.55. The van der Waals surface area contributed by atoms with Gasteiger partial charge in [0.05, 0.1) is 17.2 Å². The van der Waals surface area contributed by atoms with Gasteiger partial charge in [0.15, 0.2) is 6.29 Å². The van der Waals surface area contributed by atoms with Crippen molar-refractivity contribution in [3.05, 3.63) is 28.8 Å². The summed E-state index contributed by atoms with van der Waals surface area (Å²) in [5.41, 5.74) is 0.529. The monoisotopic (exact) mass is 224 g/mol. The van der Waals surface area contributed by atoms with Gasteiger partial charge in [-0.3, -0.25) is 4.79 Å². The lowest BCUT2D eigenvalue weighted by atomic mass is 9.86. The van der Waals surface area contributed by atoms with Gasteiger partial charge in [0, 0.05) is 0 Å². The van der Waals surface area contributed by atoms with Crippen molar-refractivity contribution in [1.29, 1.82) is 0 Å². The zero-order valence-electron chi connectivity index (χ0n) is 8.41. The van der Waals surface area contributed by atoms with E-state index >= 15 is 0 Å². The van der Waals surface area contributed by atoms with E-state index in [-0.39, 0.29) is 0 Å². The number of para-hydroxylation sites is 1. The van der Waals surface area contributed by atoms with Crippen LogP contribution in [0, 0.1) is 5.92 Å². The lowest BCUT2D eigenvalue weighted by Gasteiger charge is -2.25. The number of carbonyl (C=O) groups is 1. The van der Waals surface area contributed by atoms with Gasteiger partial charge in [-0.05, 0) is 30.9 Å². The highest BCUT2D eigenvalue weighted by Crippen LogP contribution is 2.31. The SMILES string of the molecule is O=Cc1cccc(Cl)c1OCC1CCC1. The van der Waals surface area contributed by atoms with Crippen LogP contribution in [-0.4, -0.2) is 12.9 Å². The summed E-state index contributed by atoms with van der Waals surface area (Å²) in [6.45, 7) is 0.671. The normalized spacial score (nSPS) is 15.8. The van der Waals surface area contributed by atoms with Gasteiger partial charge in [-0.2, -0.15) is 0 Å². The molecule has 0 aromatic heterocycles. The Morgan fingerprint density at radius 1 is 1.47 bits per heavy atom. The molecular weight excluding hydrogens is 212 g/mol. The van der Waals surface area contributed by atoms with Crippen LogP contribution in [0.25, 0.3) is 0 Å². The fraction of sp³-hybridized carbons (Fsp3) is 0.417. The summed E-state index contributed by atoms with van der Waals surface area (Å²) in [5.74, 6) is 1.17. The standard InChI is InChI=1S/C12H13ClO2/c13-11-6-2-5-10(7-14)12(11)15-8-9-3-1-4-9/h2,5-7,9H,1,3-4,8H2. The topological polar surface area (TPSA) is 26.3 Å². The van der Waals surface area contributed by atoms with Gasteiger partial charge in [0.2, 0.25) is 0 Å². The highest BCUT2D eigenvalue weighted by Gasteiger charge is 2.19. The number of hydrogen-bond acceptors (Lipinski definition) is 2. The van der Waals surface area contributed by atoms with Gasteiger partial charge in [0.25, 0.3) is 0 Å². The molecule has 1 aromatic rings. The molecule has 0 spiro atoms. The Hall–Kier alpha value is -1.02. The Bertz CT molecular complexity index is 359. The first-order chi connectivity index (χ1) is 7.31. The van der Waals surface area contributed by atoms with Gasteiger partial charge in [-0.1, -0.05) is 24.1 Å². The molecule has 0 amide bonds. The van der Waals surface area contributed by atoms with Crippen molar-refractivity contribution >= 4 is 17.9 Å². The molecular formula is C12H13ClO2. The van der Waals surface area contributed by atoms with E-state index in [1.165, 1.54) is 19.3 Å². The second-order valence-electron chi connectivity index (χ2n) is 3.88. The zero-order chi connectivity index (χ0) is 10.7. The molecule has 1 saturated carbocycles. The fourth-order valence-electron chi connectivity index (χ4n) is 1.63. The molecule has 1 aliphatic rings. The second-order valence-corrected chi connectivity index (χ2v) is 4.29. The number of rotatable bonds is 4. The van der Waals surface area contributed by atoms with Gasteiger partial charge in [-0.15, -0.1) is 0 Å². The summed E-state index contributed by atoms with van der Waals surface area (Å²) in [6, 6.07) is 5.21. The molecule has 1 aromatic carbocycles. The van der Waals surface area contributed by atoms with Crippen molar-refractivity contribution in [2.45, 2.75) is 19.3 Å². The maximum atomic E-state index is 10.8. The van der Waals surface area contributed by atoms with Crippen LogP contribution in [0.4, 0.5) is 0 Å². The number of ether oxygens (including phenoxy) is 1. The minimum absolute atomic E-state index is 0.513. The van der Waals surface area contributed by atoms with E-state index in [1.54, 1.807) is 18.2 Å². The van der Waals surface area contributed by atoms with Crippen LogP contribution >= 0.6 is 11.6 Å². The van der Waals surface area contributed by atoms with Crippen LogP contribution in [0.5, 0.6) is 5.75 Å². The van der Waals surface area contributed by atoms with Crippen LogP contribution in [0.3, 0.4) is 0 Å². The van der Waals surface area contributed by atoms with Crippen molar-refractivity contribution in [3.63, 3.8) is 0 Å². The molecule has 2 rings (SSSR count).